The number of aromatic nitrogens is 2. The number of halogens is 1. The summed E-state index contributed by atoms with van der Waals surface area (Å²) in [6.45, 7) is 4.28. The number of piperazine rings is 1. The predicted molar refractivity (Wildman–Crippen MR) is 118 cm³/mol. The van der Waals surface area contributed by atoms with Gasteiger partial charge in [0, 0.05) is 60.6 Å². The summed E-state index contributed by atoms with van der Waals surface area (Å²) >= 11 is 5.93. The van der Waals surface area contributed by atoms with Gasteiger partial charge in [0.15, 0.2) is 0 Å². The molecule has 1 fully saturated rings. The van der Waals surface area contributed by atoms with E-state index >= 15 is 0 Å². The van der Waals surface area contributed by atoms with E-state index in [2.05, 4.69) is 25.3 Å². The van der Waals surface area contributed by atoms with Crippen LogP contribution in [0.4, 0.5) is 17.1 Å². The summed E-state index contributed by atoms with van der Waals surface area (Å²) in [5.74, 6) is 1.09. The highest BCUT2D eigenvalue weighted by Crippen LogP contribution is 2.39. The first-order chi connectivity index (χ1) is 15.1. The lowest BCUT2D eigenvalue weighted by Crippen LogP contribution is -2.46. The Bertz CT molecular complexity index is 1110. The van der Waals surface area contributed by atoms with Crippen molar-refractivity contribution < 1.29 is 9.45 Å². The molecule has 0 unspecified atom stereocenters. The normalized spacial score (nSPS) is 16.2. The van der Waals surface area contributed by atoms with E-state index in [1.54, 1.807) is 18.2 Å². The number of nitro groups is 1. The van der Waals surface area contributed by atoms with Crippen molar-refractivity contribution in [3.05, 3.63) is 63.0 Å². The van der Waals surface area contributed by atoms with Crippen LogP contribution in [0.25, 0.3) is 11.4 Å². The third-order valence-electron chi connectivity index (χ3n) is 5.77. The lowest BCUT2D eigenvalue weighted by atomic mass is 10.1. The van der Waals surface area contributed by atoms with E-state index in [-0.39, 0.29) is 10.6 Å². The molecule has 2 aliphatic rings. The van der Waals surface area contributed by atoms with Crippen molar-refractivity contribution in [1.82, 2.24) is 15.0 Å². The average Bonchev–Trinajstić information content (AvgIpc) is 3.44. The minimum atomic E-state index is -0.281. The molecular weight excluding hydrogens is 420 g/mol. The summed E-state index contributed by atoms with van der Waals surface area (Å²) in [4.78, 5) is 20.2. The maximum atomic E-state index is 11.6. The first kappa shape index (κ1) is 19.8. The van der Waals surface area contributed by atoms with Gasteiger partial charge in [-0.25, -0.2) is 0 Å². The molecule has 160 valence electrons. The van der Waals surface area contributed by atoms with E-state index in [4.69, 9.17) is 16.1 Å². The van der Waals surface area contributed by atoms with Crippen LogP contribution in [0.15, 0.2) is 40.9 Å². The Hall–Kier alpha value is -3.17. The maximum absolute atomic E-state index is 11.6. The second-order valence-corrected chi connectivity index (χ2v) is 8.11. The molecule has 5 rings (SSSR count). The predicted octanol–water partition coefficient (Wildman–Crippen LogP) is 3.59. The van der Waals surface area contributed by atoms with Gasteiger partial charge in [0.2, 0.25) is 11.7 Å². The van der Waals surface area contributed by atoms with Crippen molar-refractivity contribution in [2.75, 3.05) is 42.9 Å². The molecule has 2 aromatic carbocycles. The van der Waals surface area contributed by atoms with Crippen molar-refractivity contribution in [2.45, 2.75) is 13.0 Å². The van der Waals surface area contributed by atoms with Crippen molar-refractivity contribution in [3.63, 3.8) is 0 Å². The molecule has 3 aromatic rings. The number of fused-ring (bicyclic) bond motifs is 1. The van der Waals surface area contributed by atoms with Crippen molar-refractivity contribution >= 4 is 28.7 Å². The Kier molecular flexibility index (Phi) is 5.21. The van der Waals surface area contributed by atoms with Gasteiger partial charge in [-0.3, -0.25) is 15.0 Å². The monoisotopic (exact) mass is 440 g/mol. The van der Waals surface area contributed by atoms with Crippen LogP contribution in [0, 0.1) is 10.1 Å². The number of hydrogen-bond donors (Lipinski definition) is 1. The Morgan fingerprint density at radius 3 is 2.65 bits per heavy atom. The molecule has 0 bridgehead atoms. The molecule has 31 heavy (non-hydrogen) atoms. The fourth-order valence-corrected chi connectivity index (χ4v) is 4.35. The van der Waals surface area contributed by atoms with Gasteiger partial charge in [-0.15, -0.1) is 0 Å². The Balaban J connectivity index is 1.26. The molecule has 0 radical (unpaired) electrons. The van der Waals surface area contributed by atoms with E-state index in [1.165, 1.54) is 0 Å². The van der Waals surface area contributed by atoms with Crippen LogP contribution < -0.4 is 10.2 Å². The average molecular weight is 441 g/mol. The fraction of sp³-hybridized carbons (Fsp3) is 0.333. The highest BCUT2D eigenvalue weighted by atomic mass is 35.5. The zero-order valence-electron chi connectivity index (χ0n) is 16.8. The highest BCUT2D eigenvalue weighted by Gasteiger charge is 2.30. The van der Waals surface area contributed by atoms with Gasteiger partial charge in [-0.2, -0.15) is 4.98 Å². The second-order valence-electron chi connectivity index (χ2n) is 7.68. The summed E-state index contributed by atoms with van der Waals surface area (Å²) in [7, 11) is 0. The molecule has 2 aliphatic heterocycles. The maximum Gasteiger partial charge on any atom is 0.292 e. The third kappa shape index (κ3) is 3.94. The molecule has 10 heteroatoms. The summed E-state index contributed by atoms with van der Waals surface area (Å²) in [5.41, 5.74) is 3.84. The molecule has 1 N–H and O–H groups in total. The van der Waals surface area contributed by atoms with Gasteiger partial charge in [0.05, 0.1) is 11.5 Å². The van der Waals surface area contributed by atoms with Gasteiger partial charge in [-0.05, 0) is 36.8 Å². The SMILES string of the molecule is O=[N+]([O-])c1ccc2c(c1N1CCN(Cc3nc(-c4ccc(Cl)cc4)no3)CC1)CCN2. The molecule has 0 saturated carbocycles. The van der Waals surface area contributed by atoms with E-state index in [1.807, 2.05) is 18.2 Å². The largest absolute Gasteiger partial charge is 0.384 e. The van der Waals surface area contributed by atoms with E-state index in [0.717, 1.165) is 48.6 Å². The lowest BCUT2D eigenvalue weighted by molar-refractivity contribution is -0.384. The van der Waals surface area contributed by atoms with Crippen molar-refractivity contribution in [3.8, 4) is 11.4 Å². The first-order valence-electron chi connectivity index (χ1n) is 10.2. The molecule has 0 atom stereocenters. The van der Waals surface area contributed by atoms with Crippen LogP contribution in [0.1, 0.15) is 11.5 Å². The standard InChI is InChI=1S/C21H21ClN6O3/c22-15-3-1-14(2-4-15)21-24-19(31-25-21)13-26-9-11-27(12-10-26)20-16-7-8-23-17(16)5-6-18(20)28(29)30/h1-6,23H,7-13H2. The van der Waals surface area contributed by atoms with Crippen LogP contribution in [0.2, 0.25) is 5.02 Å². The van der Waals surface area contributed by atoms with Gasteiger partial charge in [-0.1, -0.05) is 16.8 Å². The summed E-state index contributed by atoms with van der Waals surface area (Å²) in [5, 5.41) is 19.7. The van der Waals surface area contributed by atoms with Gasteiger partial charge < -0.3 is 14.7 Å². The molecule has 1 saturated heterocycles. The van der Waals surface area contributed by atoms with Gasteiger partial charge in [0.25, 0.3) is 5.69 Å². The van der Waals surface area contributed by atoms with E-state index < -0.39 is 0 Å². The fourth-order valence-electron chi connectivity index (χ4n) is 4.22. The number of hydrogen-bond acceptors (Lipinski definition) is 8. The van der Waals surface area contributed by atoms with Crippen LogP contribution in [-0.4, -0.2) is 52.7 Å². The highest BCUT2D eigenvalue weighted by molar-refractivity contribution is 6.30. The number of rotatable bonds is 5. The zero-order valence-corrected chi connectivity index (χ0v) is 17.5. The number of benzene rings is 2. The third-order valence-corrected chi connectivity index (χ3v) is 6.02. The van der Waals surface area contributed by atoms with Crippen molar-refractivity contribution in [1.29, 1.82) is 0 Å². The molecule has 0 amide bonds. The van der Waals surface area contributed by atoms with E-state index in [0.29, 0.717) is 36.4 Å². The van der Waals surface area contributed by atoms with Crippen LogP contribution in [-0.2, 0) is 13.0 Å². The lowest BCUT2D eigenvalue weighted by Gasteiger charge is -2.35. The van der Waals surface area contributed by atoms with Crippen LogP contribution in [0.3, 0.4) is 0 Å². The molecule has 9 nitrogen and oxygen atoms in total. The Morgan fingerprint density at radius 1 is 1.13 bits per heavy atom. The Morgan fingerprint density at radius 2 is 1.90 bits per heavy atom. The molecule has 3 heterocycles. The number of anilines is 2. The Labute approximate surface area is 183 Å². The smallest absolute Gasteiger partial charge is 0.292 e. The van der Waals surface area contributed by atoms with E-state index in [9.17, 15) is 10.1 Å². The minimum absolute atomic E-state index is 0.181. The summed E-state index contributed by atoms with van der Waals surface area (Å²) < 4.78 is 5.43. The number of nitrogens with one attached hydrogen (secondary N) is 1. The molecule has 0 spiro atoms. The molecule has 1 aromatic heterocycles. The quantitative estimate of drug-likeness (QED) is 0.474. The number of nitro benzene ring substituents is 1. The molecule has 0 aliphatic carbocycles. The van der Waals surface area contributed by atoms with Crippen LogP contribution in [0.5, 0.6) is 0 Å². The topological polar surface area (TPSA) is 101 Å². The first-order valence-corrected chi connectivity index (χ1v) is 10.6. The van der Waals surface area contributed by atoms with Gasteiger partial charge >= 0.3 is 0 Å². The molecular formula is C21H21ClN6O3. The summed E-state index contributed by atoms with van der Waals surface area (Å²) in [6.07, 6.45) is 0.808. The summed E-state index contributed by atoms with van der Waals surface area (Å²) in [6, 6.07) is 10.7. The van der Waals surface area contributed by atoms with Crippen molar-refractivity contribution in [2.24, 2.45) is 0 Å². The second kappa shape index (κ2) is 8.16. The minimum Gasteiger partial charge on any atom is -0.384 e. The van der Waals surface area contributed by atoms with Gasteiger partial charge in [0.1, 0.15) is 5.69 Å². The zero-order chi connectivity index (χ0) is 21.4. The number of nitrogens with zero attached hydrogens (tertiary/aromatic N) is 5. The van der Waals surface area contributed by atoms with Crippen LogP contribution >= 0.6 is 11.6 Å².